The van der Waals surface area contributed by atoms with Gasteiger partial charge in [-0.15, -0.1) is 0 Å². The first-order chi connectivity index (χ1) is 9.16. The van der Waals surface area contributed by atoms with Crippen molar-refractivity contribution in [1.82, 2.24) is 10.6 Å². The minimum absolute atomic E-state index is 0.213. The van der Waals surface area contributed by atoms with Crippen LogP contribution in [0.4, 0.5) is 4.39 Å². The zero-order valence-electron chi connectivity index (χ0n) is 10.7. The van der Waals surface area contributed by atoms with E-state index in [-0.39, 0.29) is 5.91 Å². The third kappa shape index (κ3) is 4.28. The molecule has 0 aromatic heterocycles. The Hall–Kier alpha value is -0.940. The van der Waals surface area contributed by atoms with Gasteiger partial charge in [-0.05, 0) is 72.4 Å². The molecule has 3 nitrogen and oxygen atoms in total. The van der Waals surface area contributed by atoms with Crippen LogP contribution >= 0.6 is 15.9 Å². The Morgan fingerprint density at radius 1 is 1.53 bits per heavy atom. The number of hydrogen-bond acceptors (Lipinski definition) is 2. The molecule has 1 fully saturated rings. The molecule has 0 aliphatic carbocycles. The molecule has 2 N–H and O–H groups in total. The van der Waals surface area contributed by atoms with E-state index in [9.17, 15) is 9.18 Å². The van der Waals surface area contributed by atoms with E-state index in [2.05, 4.69) is 26.6 Å². The van der Waals surface area contributed by atoms with Gasteiger partial charge in [0.1, 0.15) is 5.82 Å². The lowest BCUT2D eigenvalue weighted by Gasteiger charge is -2.22. The summed E-state index contributed by atoms with van der Waals surface area (Å²) in [5.74, 6) is 0.00926. The van der Waals surface area contributed by atoms with Crippen molar-refractivity contribution in [3.63, 3.8) is 0 Å². The SMILES string of the molecule is O=C(NCCC1CCCNC1)c1ccc(Br)c(F)c1. The quantitative estimate of drug-likeness (QED) is 0.892. The highest BCUT2D eigenvalue weighted by molar-refractivity contribution is 9.10. The third-order valence-electron chi connectivity index (χ3n) is 3.42. The molecule has 0 saturated carbocycles. The van der Waals surface area contributed by atoms with Crippen LogP contribution in [0.5, 0.6) is 0 Å². The molecule has 19 heavy (non-hydrogen) atoms. The normalized spacial score (nSPS) is 19.2. The van der Waals surface area contributed by atoms with E-state index in [0.717, 1.165) is 19.5 Å². The molecule has 1 aliphatic heterocycles. The van der Waals surface area contributed by atoms with E-state index in [4.69, 9.17) is 0 Å². The Morgan fingerprint density at radius 3 is 3.05 bits per heavy atom. The van der Waals surface area contributed by atoms with Crippen molar-refractivity contribution in [3.05, 3.63) is 34.1 Å². The van der Waals surface area contributed by atoms with Gasteiger partial charge in [-0.3, -0.25) is 4.79 Å². The van der Waals surface area contributed by atoms with Gasteiger partial charge in [0.15, 0.2) is 0 Å². The van der Waals surface area contributed by atoms with Gasteiger partial charge < -0.3 is 10.6 Å². The van der Waals surface area contributed by atoms with Gasteiger partial charge in [0.25, 0.3) is 5.91 Å². The fraction of sp³-hybridized carbons (Fsp3) is 0.500. The molecule has 104 valence electrons. The minimum Gasteiger partial charge on any atom is -0.352 e. The Morgan fingerprint density at radius 2 is 2.37 bits per heavy atom. The molecule has 1 aliphatic rings. The predicted octanol–water partition coefficient (Wildman–Crippen LogP) is 2.71. The standard InChI is InChI=1S/C14H18BrFN2O/c15-12-4-3-11(8-13(12)16)14(19)18-7-5-10-2-1-6-17-9-10/h3-4,8,10,17H,1-2,5-7,9H2,(H,18,19). The first-order valence-electron chi connectivity index (χ1n) is 6.61. The molecule has 0 spiro atoms. The molecular formula is C14H18BrFN2O. The summed E-state index contributed by atoms with van der Waals surface area (Å²) >= 11 is 3.07. The summed E-state index contributed by atoms with van der Waals surface area (Å²) < 4.78 is 13.7. The average molecular weight is 329 g/mol. The van der Waals surface area contributed by atoms with E-state index in [1.807, 2.05) is 0 Å². The largest absolute Gasteiger partial charge is 0.352 e. The molecule has 5 heteroatoms. The lowest BCUT2D eigenvalue weighted by Crippen LogP contribution is -2.33. The summed E-state index contributed by atoms with van der Waals surface area (Å²) in [6, 6.07) is 4.42. The van der Waals surface area contributed by atoms with Crippen LogP contribution in [-0.2, 0) is 0 Å². The minimum atomic E-state index is -0.413. The average Bonchev–Trinajstić information content (AvgIpc) is 2.43. The zero-order chi connectivity index (χ0) is 13.7. The number of nitrogens with one attached hydrogen (secondary N) is 2. The smallest absolute Gasteiger partial charge is 0.251 e. The van der Waals surface area contributed by atoms with Gasteiger partial charge in [0.2, 0.25) is 0 Å². The maximum absolute atomic E-state index is 13.3. The number of halogens is 2. The van der Waals surface area contributed by atoms with E-state index in [1.165, 1.54) is 18.9 Å². The molecule has 1 unspecified atom stereocenters. The second-order valence-electron chi connectivity index (χ2n) is 4.89. The van der Waals surface area contributed by atoms with Crippen LogP contribution in [0.3, 0.4) is 0 Å². The summed E-state index contributed by atoms with van der Waals surface area (Å²) in [7, 11) is 0. The van der Waals surface area contributed by atoms with Gasteiger partial charge in [-0.1, -0.05) is 0 Å². The maximum Gasteiger partial charge on any atom is 0.251 e. The highest BCUT2D eigenvalue weighted by Crippen LogP contribution is 2.16. The van der Waals surface area contributed by atoms with Crippen LogP contribution in [-0.4, -0.2) is 25.5 Å². The molecule has 2 rings (SSSR count). The number of piperidine rings is 1. The molecule has 1 aromatic rings. The number of hydrogen-bond donors (Lipinski definition) is 2. The second-order valence-corrected chi connectivity index (χ2v) is 5.74. The first kappa shape index (κ1) is 14.5. The third-order valence-corrected chi connectivity index (χ3v) is 4.06. The zero-order valence-corrected chi connectivity index (χ0v) is 12.3. The number of carbonyl (C=O) groups is 1. The van der Waals surface area contributed by atoms with Crippen molar-refractivity contribution in [1.29, 1.82) is 0 Å². The van der Waals surface area contributed by atoms with E-state index in [0.29, 0.717) is 22.5 Å². The topological polar surface area (TPSA) is 41.1 Å². The van der Waals surface area contributed by atoms with Crippen LogP contribution in [0.2, 0.25) is 0 Å². The summed E-state index contributed by atoms with van der Waals surface area (Å²) in [6.07, 6.45) is 3.39. The molecule has 0 radical (unpaired) electrons. The van der Waals surface area contributed by atoms with Crippen LogP contribution in [0.1, 0.15) is 29.6 Å². The highest BCUT2D eigenvalue weighted by Gasteiger charge is 2.13. The lowest BCUT2D eigenvalue weighted by atomic mass is 9.96. The number of carbonyl (C=O) groups excluding carboxylic acids is 1. The van der Waals surface area contributed by atoms with Crippen molar-refractivity contribution >= 4 is 21.8 Å². The van der Waals surface area contributed by atoms with E-state index < -0.39 is 5.82 Å². The van der Waals surface area contributed by atoms with Crippen LogP contribution < -0.4 is 10.6 Å². The molecule has 1 atom stereocenters. The van der Waals surface area contributed by atoms with Gasteiger partial charge in [0.05, 0.1) is 4.47 Å². The summed E-state index contributed by atoms with van der Waals surface area (Å²) in [5, 5.41) is 6.20. The Kier molecular flexibility index (Phi) is 5.34. The molecule has 0 bridgehead atoms. The van der Waals surface area contributed by atoms with Gasteiger partial charge >= 0.3 is 0 Å². The predicted molar refractivity (Wildman–Crippen MR) is 76.6 cm³/mol. The Balaban J connectivity index is 1.78. The summed E-state index contributed by atoms with van der Waals surface area (Å²) in [4.78, 5) is 11.8. The molecule has 1 amide bonds. The van der Waals surface area contributed by atoms with Crippen LogP contribution in [0.15, 0.2) is 22.7 Å². The van der Waals surface area contributed by atoms with E-state index >= 15 is 0 Å². The molecule has 1 heterocycles. The maximum atomic E-state index is 13.3. The van der Waals surface area contributed by atoms with E-state index in [1.54, 1.807) is 12.1 Å². The van der Waals surface area contributed by atoms with Gasteiger partial charge in [-0.25, -0.2) is 4.39 Å². The molecular weight excluding hydrogens is 311 g/mol. The second kappa shape index (κ2) is 7.01. The summed E-state index contributed by atoms with van der Waals surface area (Å²) in [6.45, 7) is 2.77. The first-order valence-corrected chi connectivity index (χ1v) is 7.40. The Labute approximate surface area is 121 Å². The highest BCUT2D eigenvalue weighted by atomic mass is 79.9. The van der Waals surface area contributed by atoms with Gasteiger partial charge in [0, 0.05) is 12.1 Å². The monoisotopic (exact) mass is 328 g/mol. The van der Waals surface area contributed by atoms with Crippen molar-refractivity contribution in [2.75, 3.05) is 19.6 Å². The summed E-state index contributed by atoms with van der Waals surface area (Å²) in [5.41, 5.74) is 0.363. The van der Waals surface area contributed by atoms with Crippen LogP contribution in [0, 0.1) is 11.7 Å². The van der Waals surface area contributed by atoms with Crippen molar-refractivity contribution in [2.24, 2.45) is 5.92 Å². The fourth-order valence-electron chi connectivity index (χ4n) is 2.30. The van der Waals surface area contributed by atoms with Crippen molar-refractivity contribution in [3.8, 4) is 0 Å². The van der Waals surface area contributed by atoms with Crippen LogP contribution in [0.25, 0.3) is 0 Å². The number of rotatable bonds is 4. The Bertz CT molecular complexity index is 447. The molecule has 1 saturated heterocycles. The lowest BCUT2D eigenvalue weighted by molar-refractivity contribution is 0.0950. The van der Waals surface area contributed by atoms with Crippen molar-refractivity contribution < 1.29 is 9.18 Å². The molecule has 1 aromatic carbocycles. The van der Waals surface area contributed by atoms with Crippen molar-refractivity contribution in [2.45, 2.75) is 19.3 Å². The van der Waals surface area contributed by atoms with Gasteiger partial charge in [-0.2, -0.15) is 0 Å². The number of amides is 1. The fourth-order valence-corrected chi connectivity index (χ4v) is 2.55. The number of benzene rings is 1.